The molecule has 0 saturated carbocycles. The summed E-state index contributed by atoms with van der Waals surface area (Å²) in [6.07, 6.45) is 1.36. The van der Waals surface area contributed by atoms with E-state index in [-0.39, 0.29) is 10.5 Å². The van der Waals surface area contributed by atoms with Crippen molar-refractivity contribution in [2.45, 2.75) is 35.5 Å². The summed E-state index contributed by atoms with van der Waals surface area (Å²) in [5.74, 6) is 0. The summed E-state index contributed by atoms with van der Waals surface area (Å²) in [6.45, 7) is 1.87. The van der Waals surface area contributed by atoms with Gasteiger partial charge in [-0.05, 0) is 30.5 Å². The molecule has 6 heteroatoms. The molecule has 1 aliphatic rings. The summed E-state index contributed by atoms with van der Waals surface area (Å²) in [6, 6.07) is 8.03. The van der Waals surface area contributed by atoms with E-state index in [0.717, 1.165) is 10.9 Å². The molecule has 3 nitrogen and oxygen atoms in total. The Hall–Kier alpha value is -0.0400. The molecule has 2 rings (SSSR count). The fourth-order valence-electron chi connectivity index (χ4n) is 2.32. The fraction of sp³-hybridized carbons (Fsp3) is 0.500. The van der Waals surface area contributed by atoms with Crippen LogP contribution in [0.4, 0.5) is 0 Å². The first-order valence-corrected chi connectivity index (χ1v) is 8.96. The molecule has 100 valence electrons. The maximum Gasteiger partial charge on any atom is 0.268 e. The third kappa shape index (κ3) is 3.50. The zero-order valence-corrected chi connectivity index (χ0v) is 13.1. The van der Waals surface area contributed by atoms with Crippen molar-refractivity contribution in [2.24, 2.45) is 0 Å². The SMILES string of the molecule is CC1SC(Cc2cccc(Br)c2)CC1S(=O)(=O)O. The standard InChI is InChI=1S/C12H15BrO3S2/c1-8-12(18(14,15)16)7-11(17-8)6-9-3-2-4-10(13)5-9/h2-5,8,11-12H,6-7H2,1H3,(H,14,15,16). The van der Waals surface area contributed by atoms with Crippen molar-refractivity contribution in [3.63, 3.8) is 0 Å². The van der Waals surface area contributed by atoms with Gasteiger partial charge in [0.25, 0.3) is 10.1 Å². The van der Waals surface area contributed by atoms with Crippen LogP contribution in [0.2, 0.25) is 0 Å². The topological polar surface area (TPSA) is 54.4 Å². The monoisotopic (exact) mass is 350 g/mol. The summed E-state index contributed by atoms with van der Waals surface area (Å²) < 4.78 is 32.7. The number of hydrogen-bond donors (Lipinski definition) is 1. The van der Waals surface area contributed by atoms with E-state index in [1.807, 2.05) is 31.2 Å². The molecule has 0 amide bonds. The molecular weight excluding hydrogens is 336 g/mol. The highest BCUT2D eigenvalue weighted by Crippen LogP contribution is 2.38. The van der Waals surface area contributed by atoms with E-state index in [9.17, 15) is 8.42 Å². The number of benzene rings is 1. The molecule has 1 fully saturated rings. The van der Waals surface area contributed by atoms with Crippen LogP contribution in [0.1, 0.15) is 18.9 Å². The number of thioether (sulfide) groups is 1. The smallest absolute Gasteiger partial charge is 0.268 e. The van der Waals surface area contributed by atoms with E-state index in [4.69, 9.17) is 4.55 Å². The second kappa shape index (κ2) is 5.53. The van der Waals surface area contributed by atoms with Crippen LogP contribution in [-0.4, -0.2) is 28.7 Å². The molecule has 3 unspecified atom stereocenters. The van der Waals surface area contributed by atoms with Gasteiger partial charge in [0.05, 0.1) is 5.25 Å². The van der Waals surface area contributed by atoms with Crippen LogP contribution in [0.15, 0.2) is 28.7 Å². The second-order valence-corrected chi connectivity index (χ2v) is 8.82. The lowest BCUT2D eigenvalue weighted by Gasteiger charge is -2.09. The Balaban J connectivity index is 2.05. The van der Waals surface area contributed by atoms with Crippen LogP contribution in [-0.2, 0) is 16.5 Å². The van der Waals surface area contributed by atoms with Crippen LogP contribution in [0, 0.1) is 0 Å². The fourth-order valence-corrected chi connectivity index (χ4v) is 5.96. The molecule has 1 heterocycles. The first-order chi connectivity index (χ1) is 8.36. The van der Waals surface area contributed by atoms with Crippen molar-refractivity contribution in [3.05, 3.63) is 34.3 Å². The summed E-state index contributed by atoms with van der Waals surface area (Å²) >= 11 is 5.07. The average Bonchev–Trinajstić information content (AvgIpc) is 2.59. The first-order valence-electron chi connectivity index (χ1n) is 5.72. The normalized spacial score (nSPS) is 28.5. The molecule has 1 aromatic rings. The summed E-state index contributed by atoms with van der Waals surface area (Å²) in [4.78, 5) is 0. The zero-order chi connectivity index (χ0) is 13.3. The molecule has 1 aliphatic heterocycles. The quantitative estimate of drug-likeness (QED) is 0.850. The van der Waals surface area contributed by atoms with E-state index < -0.39 is 15.4 Å². The predicted molar refractivity (Wildman–Crippen MR) is 78.6 cm³/mol. The van der Waals surface area contributed by atoms with Gasteiger partial charge in [0.1, 0.15) is 0 Å². The van der Waals surface area contributed by atoms with Crippen molar-refractivity contribution in [1.82, 2.24) is 0 Å². The Bertz CT molecular complexity index is 530. The van der Waals surface area contributed by atoms with Crippen molar-refractivity contribution in [2.75, 3.05) is 0 Å². The Morgan fingerprint density at radius 2 is 2.22 bits per heavy atom. The Labute approximate surface area is 120 Å². The van der Waals surface area contributed by atoms with Gasteiger partial charge in [-0.15, -0.1) is 0 Å². The maximum absolute atomic E-state index is 11.2. The predicted octanol–water partition coefficient (Wildman–Crippen LogP) is 3.14. The van der Waals surface area contributed by atoms with Crippen LogP contribution < -0.4 is 0 Å². The number of hydrogen-bond acceptors (Lipinski definition) is 3. The lowest BCUT2D eigenvalue weighted by molar-refractivity contribution is 0.463. The molecule has 0 aliphatic carbocycles. The van der Waals surface area contributed by atoms with E-state index in [2.05, 4.69) is 15.9 Å². The van der Waals surface area contributed by atoms with Gasteiger partial charge in [0.2, 0.25) is 0 Å². The van der Waals surface area contributed by atoms with Crippen LogP contribution in [0.3, 0.4) is 0 Å². The molecule has 1 saturated heterocycles. The van der Waals surface area contributed by atoms with Gasteiger partial charge in [0.15, 0.2) is 0 Å². The van der Waals surface area contributed by atoms with Gasteiger partial charge in [-0.25, -0.2) is 0 Å². The highest BCUT2D eigenvalue weighted by molar-refractivity contribution is 9.10. The van der Waals surface area contributed by atoms with Crippen LogP contribution in [0.5, 0.6) is 0 Å². The summed E-state index contributed by atoms with van der Waals surface area (Å²) in [5, 5.41) is -0.418. The van der Waals surface area contributed by atoms with E-state index >= 15 is 0 Å². The third-order valence-electron chi connectivity index (χ3n) is 3.16. The maximum atomic E-state index is 11.2. The molecule has 1 N–H and O–H groups in total. The van der Waals surface area contributed by atoms with Crippen LogP contribution in [0.25, 0.3) is 0 Å². The Morgan fingerprint density at radius 1 is 1.50 bits per heavy atom. The number of rotatable bonds is 3. The van der Waals surface area contributed by atoms with E-state index in [1.165, 1.54) is 5.56 Å². The molecule has 0 aromatic heterocycles. The molecule has 18 heavy (non-hydrogen) atoms. The Morgan fingerprint density at radius 3 is 2.78 bits per heavy atom. The van der Waals surface area contributed by atoms with Crippen LogP contribution >= 0.6 is 27.7 Å². The average molecular weight is 351 g/mol. The minimum atomic E-state index is -3.92. The van der Waals surface area contributed by atoms with Gasteiger partial charge in [-0.1, -0.05) is 35.0 Å². The molecule has 1 aromatic carbocycles. The molecule has 0 spiro atoms. The summed E-state index contributed by atoms with van der Waals surface area (Å²) in [5.41, 5.74) is 1.19. The van der Waals surface area contributed by atoms with Crippen molar-refractivity contribution < 1.29 is 13.0 Å². The number of halogens is 1. The highest BCUT2D eigenvalue weighted by Gasteiger charge is 2.39. The lowest BCUT2D eigenvalue weighted by Crippen LogP contribution is -2.25. The minimum absolute atomic E-state index is 0.0443. The Kier molecular flexibility index (Phi) is 4.41. The van der Waals surface area contributed by atoms with Crippen molar-refractivity contribution in [3.8, 4) is 0 Å². The molecule has 0 bridgehead atoms. The van der Waals surface area contributed by atoms with Gasteiger partial charge in [0, 0.05) is 15.0 Å². The van der Waals surface area contributed by atoms with Gasteiger partial charge < -0.3 is 0 Å². The highest BCUT2D eigenvalue weighted by atomic mass is 79.9. The largest absolute Gasteiger partial charge is 0.285 e. The molecular formula is C12H15BrO3S2. The van der Waals surface area contributed by atoms with E-state index in [1.54, 1.807) is 11.8 Å². The van der Waals surface area contributed by atoms with Gasteiger partial charge in [-0.2, -0.15) is 20.2 Å². The van der Waals surface area contributed by atoms with Crippen molar-refractivity contribution >= 4 is 37.8 Å². The van der Waals surface area contributed by atoms with Gasteiger partial charge >= 0.3 is 0 Å². The van der Waals surface area contributed by atoms with Crippen molar-refractivity contribution in [1.29, 1.82) is 0 Å². The first kappa shape index (κ1) is 14.4. The minimum Gasteiger partial charge on any atom is -0.285 e. The molecule has 3 atom stereocenters. The van der Waals surface area contributed by atoms with E-state index in [0.29, 0.717) is 6.42 Å². The second-order valence-electron chi connectivity index (χ2n) is 4.59. The summed E-state index contributed by atoms with van der Waals surface area (Å²) in [7, 11) is -3.92. The molecule has 0 radical (unpaired) electrons. The zero-order valence-electron chi connectivity index (χ0n) is 9.91. The third-order valence-corrected chi connectivity index (χ3v) is 6.69. The lowest BCUT2D eigenvalue weighted by atomic mass is 10.1. The van der Waals surface area contributed by atoms with Gasteiger partial charge in [-0.3, -0.25) is 4.55 Å².